The van der Waals surface area contributed by atoms with Gasteiger partial charge in [-0.3, -0.25) is 9.59 Å². The molecule has 6 atom stereocenters. The minimum Gasteiger partial charge on any atom is -0.508 e. The standard InChI is InChI=1S/C30H46N2O3/c1-20-11-12-24-14-23(18-30(24,5)29(20,3)4)16-27(34)17-25-9-7-13-32(25)28(35)21(2)31-19-22-8-6-10-26(33)15-22/h6,8,10,15,20-21,23-25,31,33H,7,9,11-14,16-19H2,1-5H3. The molecular formula is C30H46N2O3. The third-order valence-corrected chi connectivity index (χ3v) is 10.4. The number of phenolic OH excluding ortho intramolecular Hbond substituents is 1. The summed E-state index contributed by atoms with van der Waals surface area (Å²) in [5.41, 5.74) is 1.60. The van der Waals surface area contributed by atoms with E-state index in [1.54, 1.807) is 12.1 Å². The number of likely N-dealkylation sites (tertiary alicyclic amines) is 1. The van der Waals surface area contributed by atoms with Crippen molar-refractivity contribution in [3.8, 4) is 5.75 Å². The number of phenols is 1. The fourth-order valence-corrected chi connectivity index (χ4v) is 7.55. The number of hydrogen-bond donors (Lipinski definition) is 2. The summed E-state index contributed by atoms with van der Waals surface area (Å²) < 4.78 is 0. The topological polar surface area (TPSA) is 69.6 Å². The second-order valence-corrected chi connectivity index (χ2v) is 12.7. The molecule has 4 rings (SSSR count). The van der Waals surface area contributed by atoms with E-state index in [2.05, 4.69) is 33.0 Å². The lowest BCUT2D eigenvalue weighted by molar-refractivity contribution is -0.134. The predicted octanol–water partition coefficient (Wildman–Crippen LogP) is 5.70. The summed E-state index contributed by atoms with van der Waals surface area (Å²) in [5, 5.41) is 12.9. The molecule has 1 aromatic carbocycles. The van der Waals surface area contributed by atoms with E-state index in [0.29, 0.717) is 41.9 Å². The second kappa shape index (κ2) is 10.2. The van der Waals surface area contributed by atoms with Gasteiger partial charge < -0.3 is 15.3 Å². The zero-order valence-electron chi connectivity index (χ0n) is 22.5. The molecule has 3 aliphatic rings. The van der Waals surface area contributed by atoms with Crippen LogP contribution in [0.15, 0.2) is 24.3 Å². The number of rotatable bonds is 8. The molecular weight excluding hydrogens is 436 g/mol. The maximum Gasteiger partial charge on any atom is 0.239 e. The largest absolute Gasteiger partial charge is 0.508 e. The molecule has 0 spiro atoms. The van der Waals surface area contributed by atoms with Crippen molar-refractivity contribution >= 4 is 11.7 Å². The van der Waals surface area contributed by atoms with Crippen LogP contribution < -0.4 is 5.32 Å². The molecule has 6 unspecified atom stereocenters. The average molecular weight is 483 g/mol. The molecule has 3 fully saturated rings. The first-order chi connectivity index (χ1) is 16.5. The molecule has 1 aliphatic heterocycles. The van der Waals surface area contributed by atoms with Crippen LogP contribution in [0.25, 0.3) is 0 Å². The lowest BCUT2D eigenvalue weighted by Crippen LogP contribution is -2.47. The molecule has 5 heteroatoms. The molecule has 0 aromatic heterocycles. The van der Waals surface area contributed by atoms with E-state index in [4.69, 9.17) is 0 Å². The SMILES string of the molecule is CC(NCc1cccc(O)c1)C(=O)N1CCCC1CC(=O)CC1CC2CCC(C)C(C)(C)C2(C)C1. The zero-order valence-corrected chi connectivity index (χ0v) is 22.5. The van der Waals surface area contributed by atoms with Crippen molar-refractivity contribution in [1.29, 1.82) is 0 Å². The summed E-state index contributed by atoms with van der Waals surface area (Å²) in [6, 6.07) is 6.81. The van der Waals surface area contributed by atoms with Crippen molar-refractivity contribution in [3.63, 3.8) is 0 Å². The number of hydrogen-bond acceptors (Lipinski definition) is 4. The van der Waals surface area contributed by atoms with Gasteiger partial charge in [-0.2, -0.15) is 0 Å². The van der Waals surface area contributed by atoms with Crippen LogP contribution in [0.3, 0.4) is 0 Å². The van der Waals surface area contributed by atoms with E-state index in [1.807, 2.05) is 24.0 Å². The molecule has 2 saturated carbocycles. The molecule has 0 bridgehead atoms. The Hall–Kier alpha value is -1.88. The fraction of sp³-hybridized carbons (Fsp3) is 0.733. The van der Waals surface area contributed by atoms with E-state index in [1.165, 1.54) is 25.7 Å². The Balaban J connectivity index is 1.29. The second-order valence-electron chi connectivity index (χ2n) is 12.7. The van der Waals surface area contributed by atoms with Crippen molar-refractivity contribution in [2.24, 2.45) is 28.6 Å². The Labute approximate surface area is 212 Å². The van der Waals surface area contributed by atoms with Crippen molar-refractivity contribution in [2.45, 2.75) is 105 Å². The monoisotopic (exact) mass is 482 g/mol. The third-order valence-electron chi connectivity index (χ3n) is 10.4. The average Bonchev–Trinajstić information content (AvgIpc) is 3.39. The molecule has 1 amide bonds. The highest BCUT2D eigenvalue weighted by atomic mass is 16.3. The number of Topliss-reactive ketones (excluding diaryl/α,β-unsaturated/α-hetero) is 1. The Bertz CT molecular complexity index is 928. The molecule has 5 nitrogen and oxygen atoms in total. The van der Waals surface area contributed by atoms with Gasteiger partial charge in [0.05, 0.1) is 6.04 Å². The van der Waals surface area contributed by atoms with Gasteiger partial charge in [0.15, 0.2) is 0 Å². The zero-order chi connectivity index (χ0) is 25.4. The minimum absolute atomic E-state index is 0.0377. The number of amides is 1. The van der Waals surface area contributed by atoms with Crippen LogP contribution >= 0.6 is 0 Å². The van der Waals surface area contributed by atoms with Crippen LogP contribution in [0.2, 0.25) is 0 Å². The quantitative estimate of drug-likeness (QED) is 0.499. The number of ketones is 1. The van der Waals surface area contributed by atoms with E-state index < -0.39 is 0 Å². The van der Waals surface area contributed by atoms with Crippen LogP contribution in [0, 0.1) is 28.6 Å². The molecule has 2 aliphatic carbocycles. The van der Waals surface area contributed by atoms with Gasteiger partial charge in [0.25, 0.3) is 0 Å². The van der Waals surface area contributed by atoms with Crippen LogP contribution in [-0.2, 0) is 16.1 Å². The lowest BCUT2D eigenvalue weighted by atomic mass is 9.51. The molecule has 194 valence electrons. The molecule has 1 saturated heterocycles. The highest BCUT2D eigenvalue weighted by Gasteiger charge is 2.56. The van der Waals surface area contributed by atoms with Gasteiger partial charge in [-0.1, -0.05) is 39.8 Å². The third kappa shape index (κ3) is 5.30. The van der Waals surface area contributed by atoms with Crippen LogP contribution in [-0.4, -0.2) is 40.3 Å². The summed E-state index contributed by atoms with van der Waals surface area (Å²) in [5.74, 6) is 2.63. The van der Waals surface area contributed by atoms with Crippen molar-refractivity contribution in [1.82, 2.24) is 10.2 Å². The van der Waals surface area contributed by atoms with Gasteiger partial charge in [0.2, 0.25) is 5.91 Å². The Kier molecular flexibility index (Phi) is 7.66. The lowest BCUT2D eigenvalue weighted by Gasteiger charge is -2.54. The summed E-state index contributed by atoms with van der Waals surface area (Å²) in [4.78, 5) is 28.3. The summed E-state index contributed by atoms with van der Waals surface area (Å²) in [7, 11) is 0. The van der Waals surface area contributed by atoms with Gasteiger partial charge in [-0.05, 0) is 91.7 Å². The number of aromatic hydroxyl groups is 1. The normalized spacial score (nSPS) is 32.9. The molecule has 35 heavy (non-hydrogen) atoms. The number of benzene rings is 1. The predicted molar refractivity (Wildman–Crippen MR) is 140 cm³/mol. The van der Waals surface area contributed by atoms with Crippen LogP contribution in [0.5, 0.6) is 5.75 Å². The van der Waals surface area contributed by atoms with Crippen molar-refractivity contribution < 1.29 is 14.7 Å². The maximum absolute atomic E-state index is 13.2. The summed E-state index contributed by atoms with van der Waals surface area (Å²) in [6.45, 7) is 13.0. The van der Waals surface area contributed by atoms with Gasteiger partial charge >= 0.3 is 0 Å². The van der Waals surface area contributed by atoms with Gasteiger partial charge in [0, 0.05) is 32.0 Å². The van der Waals surface area contributed by atoms with Gasteiger partial charge in [0.1, 0.15) is 11.5 Å². The van der Waals surface area contributed by atoms with Crippen LogP contribution in [0.4, 0.5) is 0 Å². The summed E-state index contributed by atoms with van der Waals surface area (Å²) >= 11 is 0. The first-order valence-corrected chi connectivity index (χ1v) is 13.8. The van der Waals surface area contributed by atoms with E-state index in [-0.39, 0.29) is 23.7 Å². The molecule has 2 N–H and O–H groups in total. The van der Waals surface area contributed by atoms with Crippen LogP contribution in [0.1, 0.15) is 91.5 Å². The van der Waals surface area contributed by atoms with Crippen molar-refractivity contribution in [2.75, 3.05) is 6.54 Å². The Morgan fingerprint density at radius 2 is 1.94 bits per heavy atom. The van der Waals surface area contributed by atoms with E-state index in [9.17, 15) is 14.7 Å². The molecule has 1 heterocycles. The number of carbonyl (C=O) groups excluding carboxylic acids is 2. The van der Waals surface area contributed by atoms with Gasteiger partial charge in [-0.15, -0.1) is 0 Å². The van der Waals surface area contributed by atoms with Crippen molar-refractivity contribution in [3.05, 3.63) is 29.8 Å². The first kappa shape index (κ1) is 26.2. The highest BCUT2D eigenvalue weighted by molar-refractivity contribution is 5.84. The smallest absolute Gasteiger partial charge is 0.239 e. The summed E-state index contributed by atoms with van der Waals surface area (Å²) in [6.07, 6.45) is 8.06. The molecule has 1 aromatic rings. The Morgan fingerprint density at radius 3 is 2.69 bits per heavy atom. The fourth-order valence-electron chi connectivity index (χ4n) is 7.55. The van der Waals surface area contributed by atoms with E-state index in [0.717, 1.165) is 36.8 Å². The van der Waals surface area contributed by atoms with Gasteiger partial charge in [-0.25, -0.2) is 0 Å². The number of nitrogens with one attached hydrogen (secondary N) is 1. The first-order valence-electron chi connectivity index (χ1n) is 13.8. The maximum atomic E-state index is 13.2. The van der Waals surface area contributed by atoms with E-state index >= 15 is 0 Å². The number of carbonyl (C=O) groups is 2. The number of nitrogens with zero attached hydrogens (tertiary/aromatic N) is 1. The Morgan fingerprint density at radius 1 is 1.17 bits per heavy atom. The number of fused-ring (bicyclic) bond motifs is 1. The highest BCUT2D eigenvalue weighted by Crippen LogP contribution is 2.64. The minimum atomic E-state index is -0.324. The molecule has 0 radical (unpaired) electrons.